The average Bonchev–Trinajstić information content (AvgIpc) is 3.28. The molecule has 1 atom stereocenters. The zero-order valence-electron chi connectivity index (χ0n) is 25.6. The maximum atomic E-state index is 2.64. The van der Waals surface area contributed by atoms with Crippen LogP contribution < -0.4 is 0 Å². The second-order valence-electron chi connectivity index (χ2n) is 12.2. The fourth-order valence-corrected chi connectivity index (χ4v) is 5.99. The maximum absolute atomic E-state index is 2.64. The molecule has 0 bridgehead atoms. The highest BCUT2D eigenvalue weighted by molar-refractivity contribution is 4.98. The Morgan fingerprint density at radius 3 is 0.917 bits per heavy atom. The Labute approximate surface area is 229 Å². The fourth-order valence-electron chi connectivity index (χ4n) is 5.99. The van der Waals surface area contributed by atoms with Gasteiger partial charge in [0.1, 0.15) is 6.17 Å². The Bertz CT molecular complexity index is 472. The number of nitrogens with zero attached hydrogens (tertiary/aromatic N) is 2. The predicted molar refractivity (Wildman–Crippen MR) is 163 cm³/mol. The van der Waals surface area contributed by atoms with E-state index in [2.05, 4.69) is 49.9 Å². The van der Waals surface area contributed by atoms with E-state index >= 15 is 0 Å². The van der Waals surface area contributed by atoms with Gasteiger partial charge in [-0.2, -0.15) is 0 Å². The lowest BCUT2D eigenvalue weighted by molar-refractivity contribution is 0.104. The van der Waals surface area contributed by atoms with E-state index in [1.807, 2.05) is 0 Å². The summed E-state index contributed by atoms with van der Waals surface area (Å²) < 4.78 is 0. The molecule has 0 aromatic heterocycles. The molecule has 1 unspecified atom stereocenters. The number of hydrogen-bond acceptors (Lipinski definition) is 2. The highest BCUT2D eigenvalue weighted by atomic mass is 15.4. The summed E-state index contributed by atoms with van der Waals surface area (Å²) in [6.45, 7) is 11.9. The molecule has 0 radical (unpaired) electrons. The molecule has 0 amide bonds. The SMILES string of the molecule is CCCCCCCCCCCCCCCCN1C=CN(CCCCCCCCCCCC)C1C(C)C. The second-order valence-corrected chi connectivity index (χ2v) is 12.2. The quantitative estimate of drug-likeness (QED) is 0.103. The van der Waals surface area contributed by atoms with E-state index in [4.69, 9.17) is 0 Å². The molecular formula is C34H68N2. The third-order valence-corrected chi connectivity index (χ3v) is 8.27. The van der Waals surface area contributed by atoms with Gasteiger partial charge < -0.3 is 9.80 Å². The molecule has 0 spiro atoms. The van der Waals surface area contributed by atoms with Crippen LogP contribution in [0.4, 0.5) is 0 Å². The molecule has 0 N–H and O–H groups in total. The van der Waals surface area contributed by atoms with Crippen LogP contribution in [0, 0.1) is 5.92 Å². The van der Waals surface area contributed by atoms with E-state index in [1.54, 1.807) is 0 Å². The number of hydrogen-bond donors (Lipinski definition) is 0. The van der Waals surface area contributed by atoms with Crippen LogP contribution in [-0.2, 0) is 0 Å². The van der Waals surface area contributed by atoms with Crippen molar-refractivity contribution < 1.29 is 0 Å². The molecule has 2 nitrogen and oxygen atoms in total. The number of rotatable bonds is 27. The van der Waals surface area contributed by atoms with Crippen molar-refractivity contribution in [1.29, 1.82) is 0 Å². The Morgan fingerprint density at radius 1 is 0.417 bits per heavy atom. The monoisotopic (exact) mass is 505 g/mol. The standard InChI is InChI=1S/C34H68N2/c1-5-7-9-11-13-15-17-18-19-20-22-24-26-28-30-36-32-31-35(34(36)33(3)4)29-27-25-23-21-16-14-12-10-8-6-2/h31-34H,5-30H2,1-4H3. The van der Waals surface area contributed by atoms with Crippen molar-refractivity contribution in [2.45, 2.75) is 188 Å². The highest BCUT2D eigenvalue weighted by Gasteiger charge is 2.28. The maximum Gasteiger partial charge on any atom is 0.103 e. The van der Waals surface area contributed by atoms with Gasteiger partial charge >= 0.3 is 0 Å². The third-order valence-electron chi connectivity index (χ3n) is 8.27. The van der Waals surface area contributed by atoms with Crippen LogP contribution >= 0.6 is 0 Å². The van der Waals surface area contributed by atoms with Gasteiger partial charge in [0, 0.05) is 25.5 Å². The summed E-state index contributed by atoms with van der Waals surface area (Å²) in [7, 11) is 0. The van der Waals surface area contributed by atoms with Gasteiger partial charge in [-0.05, 0) is 18.8 Å². The van der Waals surface area contributed by atoms with Crippen LogP contribution in [0.25, 0.3) is 0 Å². The zero-order valence-corrected chi connectivity index (χ0v) is 25.6. The fraction of sp³-hybridized carbons (Fsp3) is 0.941. The first kappa shape index (κ1) is 33.4. The largest absolute Gasteiger partial charge is 0.356 e. The first-order valence-corrected chi connectivity index (χ1v) is 16.9. The van der Waals surface area contributed by atoms with Crippen LogP contribution in [0.1, 0.15) is 182 Å². The molecular weight excluding hydrogens is 436 g/mol. The van der Waals surface area contributed by atoms with Crippen LogP contribution in [0.2, 0.25) is 0 Å². The first-order valence-electron chi connectivity index (χ1n) is 16.9. The molecule has 0 aromatic rings. The van der Waals surface area contributed by atoms with Crippen molar-refractivity contribution in [1.82, 2.24) is 9.80 Å². The lowest BCUT2D eigenvalue weighted by atomic mass is 10.0. The van der Waals surface area contributed by atoms with Gasteiger partial charge in [-0.3, -0.25) is 0 Å². The molecule has 0 saturated carbocycles. The van der Waals surface area contributed by atoms with Crippen molar-refractivity contribution in [2.75, 3.05) is 13.1 Å². The summed E-state index contributed by atoms with van der Waals surface area (Å²) in [5.41, 5.74) is 0. The van der Waals surface area contributed by atoms with Crippen LogP contribution in [-0.4, -0.2) is 29.1 Å². The van der Waals surface area contributed by atoms with Crippen LogP contribution in [0.5, 0.6) is 0 Å². The molecule has 214 valence electrons. The van der Waals surface area contributed by atoms with E-state index in [1.165, 1.54) is 167 Å². The Hall–Kier alpha value is -0.660. The van der Waals surface area contributed by atoms with Gasteiger partial charge in [-0.1, -0.05) is 169 Å². The molecule has 1 aliphatic rings. The van der Waals surface area contributed by atoms with Gasteiger partial charge in [0.15, 0.2) is 0 Å². The molecule has 0 saturated heterocycles. The minimum absolute atomic E-state index is 0.588. The Kier molecular flexibility index (Phi) is 22.9. The normalized spacial score (nSPS) is 15.6. The lowest BCUT2D eigenvalue weighted by Gasteiger charge is -2.36. The van der Waals surface area contributed by atoms with Gasteiger partial charge in [0.2, 0.25) is 0 Å². The van der Waals surface area contributed by atoms with E-state index in [-0.39, 0.29) is 0 Å². The van der Waals surface area contributed by atoms with Gasteiger partial charge in [-0.25, -0.2) is 0 Å². The zero-order chi connectivity index (χ0) is 26.1. The van der Waals surface area contributed by atoms with Crippen molar-refractivity contribution in [3.63, 3.8) is 0 Å². The minimum atomic E-state index is 0.588. The smallest absolute Gasteiger partial charge is 0.103 e. The van der Waals surface area contributed by atoms with E-state index in [0.29, 0.717) is 12.1 Å². The van der Waals surface area contributed by atoms with E-state index in [0.717, 1.165) is 0 Å². The summed E-state index contributed by atoms with van der Waals surface area (Å²) in [5, 5.41) is 0. The van der Waals surface area contributed by atoms with Crippen LogP contribution in [0.3, 0.4) is 0 Å². The van der Waals surface area contributed by atoms with Crippen molar-refractivity contribution in [3.8, 4) is 0 Å². The molecule has 0 fully saturated rings. The first-order chi connectivity index (χ1) is 17.7. The average molecular weight is 505 g/mol. The molecule has 36 heavy (non-hydrogen) atoms. The van der Waals surface area contributed by atoms with Gasteiger partial charge in [0.25, 0.3) is 0 Å². The molecule has 1 aliphatic heterocycles. The molecule has 2 heteroatoms. The predicted octanol–water partition coefficient (Wildman–Crippen LogP) is 11.5. The summed E-state index contributed by atoms with van der Waals surface area (Å²) in [6, 6.07) is 0. The van der Waals surface area contributed by atoms with Crippen molar-refractivity contribution in [3.05, 3.63) is 12.4 Å². The van der Waals surface area contributed by atoms with E-state index in [9.17, 15) is 0 Å². The van der Waals surface area contributed by atoms with Crippen molar-refractivity contribution in [2.24, 2.45) is 5.92 Å². The van der Waals surface area contributed by atoms with Crippen LogP contribution in [0.15, 0.2) is 12.4 Å². The Morgan fingerprint density at radius 2 is 0.667 bits per heavy atom. The van der Waals surface area contributed by atoms with E-state index < -0.39 is 0 Å². The van der Waals surface area contributed by atoms with Crippen molar-refractivity contribution >= 4 is 0 Å². The molecule has 1 rings (SSSR count). The highest BCUT2D eigenvalue weighted by Crippen LogP contribution is 2.24. The lowest BCUT2D eigenvalue weighted by Crippen LogP contribution is -2.43. The summed E-state index contributed by atoms with van der Waals surface area (Å²) in [6.07, 6.45) is 39.8. The second kappa shape index (κ2) is 24.7. The minimum Gasteiger partial charge on any atom is -0.356 e. The van der Waals surface area contributed by atoms with Gasteiger partial charge in [0.05, 0.1) is 0 Å². The summed E-state index contributed by atoms with van der Waals surface area (Å²) in [4.78, 5) is 5.28. The summed E-state index contributed by atoms with van der Waals surface area (Å²) in [5.74, 6) is 0.690. The van der Waals surface area contributed by atoms with Gasteiger partial charge in [-0.15, -0.1) is 0 Å². The number of unbranched alkanes of at least 4 members (excludes halogenated alkanes) is 22. The molecule has 0 aliphatic carbocycles. The third kappa shape index (κ3) is 17.7. The molecule has 0 aromatic carbocycles. The molecule has 1 heterocycles. The summed E-state index contributed by atoms with van der Waals surface area (Å²) >= 11 is 0. The topological polar surface area (TPSA) is 6.48 Å². The Balaban J connectivity index is 1.99.